The van der Waals surface area contributed by atoms with Crippen LogP contribution in [0.4, 0.5) is 0 Å². The van der Waals surface area contributed by atoms with E-state index in [1.54, 1.807) is 7.11 Å². The lowest BCUT2D eigenvalue weighted by Crippen LogP contribution is -2.48. The maximum absolute atomic E-state index is 5.94. The number of aryl methyl sites for hydroxylation is 1. The van der Waals surface area contributed by atoms with Crippen molar-refractivity contribution >= 4 is 29.9 Å². The second-order valence-electron chi connectivity index (χ2n) is 7.24. The lowest BCUT2D eigenvalue weighted by Gasteiger charge is -2.34. The largest absolute Gasteiger partial charge is 0.497 e. The first-order valence-electron chi connectivity index (χ1n) is 10.5. The van der Waals surface area contributed by atoms with Crippen molar-refractivity contribution in [3.63, 3.8) is 0 Å². The Bertz CT molecular complexity index is 797. The Morgan fingerprint density at radius 2 is 2.13 bits per heavy atom. The van der Waals surface area contributed by atoms with Gasteiger partial charge < -0.3 is 24.4 Å². The quantitative estimate of drug-likeness (QED) is 0.227. The van der Waals surface area contributed by atoms with E-state index < -0.39 is 0 Å². The van der Waals surface area contributed by atoms with Gasteiger partial charge in [-0.1, -0.05) is 12.1 Å². The first-order chi connectivity index (χ1) is 14.7. The van der Waals surface area contributed by atoms with E-state index in [1.165, 1.54) is 0 Å². The predicted octanol–water partition coefficient (Wildman–Crippen LogP) is 2.99. The van der Waals surface area contributed by atoms with Crippen molar-refractivity contribution in [3.05, 3.63) is 47.8 Å². The minimum Gasteiger partial charge on any atom is -0.497 e. The molecule has 1 aromatic carbocycles. The fraction of sp³-hybridized carbons (Fsp3) is 0.545. The van der Waals surface area contributed by atoms with Gasteiger partial charge in [-0.3, -0.25) is 9.67 Å². The van der Waals surface area contributed by atoms with Crippen molar-refractivity contribution in [1.82, 2.24) is 20.0 Å². The molecule has 2 aromatic rings. The molecule has 1 aliphatic heterocycles. The van der Waals surface area contributed by atoms with Gasteiger partial charge in [-0.05, 0) is 31.0 Å². The Morgan fingerprint density at radius 1 is 1.32 bits per heavy atom. The van der Waals surface area contributed by atoms with Gasteiger partial charge in [0.25, 0.3) is 0 Å². The molecule has 2 heterocycles. The third-order valence-corrected chi connectivity index (χ3v) is 4.93. The molecule has 1 saturated heterocycles. The zero-order chi connectivity index (χ0) is 21.2. The van der Waals surface area contributed by atoms with E-state index in [9.17, 15) is 0 Å². The summed E-state index contributed by atoms with van der Waals surface area (Å²) in [4.78, 5) is 7.06. The number of nitrogens with zero attached hydrogens (tertiary/aromatic N) is 4. The normalized spacial score (nSPS) is 16.7. The van der Waals surface area contributed by atoms with Gasteiger partial charge in [-0.25, -0.2) is 0 Å². The zero-order valence-corrected chi connectivity index (χ0v) is 21.0. The fourth-order valence-corrected chi connectivity index (χ4v) is 3.34. The lowest BCUT2D eigenvalue weighted by atomic mass is 10.1. The number of aromatic nitrogens is 2. The Balaban J connectivity index is 0.00000341. The van der Waals surface area contributed by atoms with Crippen LogP contribution in [0.5, 0.6) is 5.75 Å². The zero-order valence-electron chi connectivity index (χ0n) is 18.6. The number of morpholine rings is 1. The molecule has 1 atom stereocenters. The fourth-order valence-electron chi connectivity index (χ4n) is 3.34. The van der Waals surface area contributed by atoms with Crippen molar-refractivity contribution in [2.75, 3.05) is 46.5 Å². The van der Waals surface area contributed by atoms with E-state index in [0.29, 0.717) is 19.8 Å². The summed E-state index contributed by atoms with van der Waals surface area (Å²) in [5.74, 6) is 1.79. The molecule has 1 unspecified atom stereocenters. The van der Waals surface area contributed by atoms with Crippen LogP contribution in [0, 0.1) is 0 Å². The van der Waals surface area contributed by atoms with Gasteiger partial charge in [-0.2, -0.15) is 5.10 Å². The Morgan fingerprint density at radius 3 is 2.81 bits per heavy atom. The molecule has 0 radical (unpaired) electrons. The number of benzene rings is 1. The molecule has 1 aliphatic rings. The molecule has 3 rings (SSSR count). The van der Waals surface area contributed by atoms with Crippen molar-refractivity contribution in [1.29, 1.82) is 0 Å². The smallest absolute Gasteiger partial charge is 0.194 e. The molecule has 9 heteroatoms. The second kappa shape index (κ2) is 13.5. The number of guanidine groups is 1. The summed E-state index contributed by atoms with van der Waals surface area (Å²) in [5, 5.41) is 7.66. The summed E-state index contributed by atoms with van der Waals surface area (Å²) < 4.78 is 18.7. The first-order valence-corrected chi connectivity index (χ1v) is 10.5. The van der Waals surface area contributed by atoms with Crippen LogP contribution in [0.1, 0.15) is 30.6 Å². The summed E-state index contributed by atoms with van der Waals surface area (Å²) in [5.41, 5.74) is 2.24. The highest BCUT2D eigenvalue weighted by atomic mass is 127. The van der Waals surface area contributed by atoms with Crippen LogP contribution in [0.2, 0.25) is 0 Å². The van der Waals surface area contributed by atoms with Gasteiger partial charge in [0, 0.05) is 45.0 Å². The van der Waals surface area contributed by atoms with Gasteiger partial charge >= 0.3 is 0 Å². The Kier molecular flexibility index (Phi) is 11.1. The molecule has 0 saturated carbocycles. The number of aliphatic imine (C=N–C) groups is 1. The number of rotatable bonds is 9. The first kappa shape index (κ1) is 25.4. The topological polar surface area (TPSA) is 73.1 Å². The molecule has 0 amide bonds. The molecule has 0 aliphatic carbocycles. The van der Waals surface area contributed by atoms with Crippen LogP contribution in [-0.4, -0.2) is 67.1 Å². The van der Waals surface area contributed by atoms with Crippen LogP contribution in [-0.2, 0) is 23.1 Å². The Labute approximate surface area is 202 Å². The molecule has 31 heavy (non-hydrogen) atoms. The molecule has 0 bridgehead atoms. The van der Waals surface area contributed by atoms with Gasteiger partial charge in [-0.15, -0.1) is 24.0 Å². The van der Waals surface area contributed by atoms with Crippen molar-refractivity contribution in [2.45, 2.75) is 26.1 Å². The maximum Gasteiger partial charge on any atom is 0.194 e. The third kappa shape index (κ3) is 7.97. The molecule has 172 valence electrons. The van der Waals surface area contributed by atoms with Gasteiger partial charge in [0.2, 0.25) is 0 Å². The minimum absolute atomic E-state index is 0. The van der Waals surface area contributed by atoms with E-state index in [2.05, 4.69) is 22.2 Å². The van der Waals surface area contributed by atoms with Crippen LogP contribution < -0.4 is 10.1 Å². The molecule has 0 spiro atoms. The SMILES string of the molecule is CCNC(=NCCCOCc1ccc(OC)cc1)N1CCOC(c2cnn(C)c2)C1.I. The van der Waals surface area contributed by atoms with Crippen LogP contribution in [0.3, 0.4) is 0 Å². The number of hydrogen-bond donors (Lipinski definition) is 1. The standard InChI is InChI=1S/C22H33N5O3.HI/c1-4-23-22(27-11-13-30-21(16-27)19-14-25-26(2)15-19)24-10-5-12-29-17-18-6-8-20(28-3)9-7-18;/h6-9,14-15,21H,4-5,10-13,16-17H2,1-3H3,(H,23,24);1H. The third-order valence-electron chi connectivity index (χ3n) is 4.93. The number of halogens is 1. The average Bonchev–Trinajstić information content (AvgIpc) is 3.22. The minimum atomic E-state index is 0. The highest BCUT2D eigenvalue weighted by Gasteiger charge is 2.25. The van der Waals surface area contributed by atoms with Crippen molar-refractivity contribution < 1.29 is 14.2 Å². The van der Waals surface area contributed by atoms with E-state index in [-0.39, 0.29) is 30.1 Å². The summed E-state index contributed by atoms with van der Waals surface area (Å²) >= 11 is 0. The lowest BCUT2D eigenvalue weighted by molar-refractivity contribution is -0.00805. The maximum atomic E-state index is 5.94. The van der Waals surface area contributed by atoms with E-state index in [1.807, 2.05) is 48.4 Å². The van der Waals surface area contributed by atoms with Gasteiger partial charge in [0.1, 0.15) is 11.9 Å². The molecule has 1 fully saturated rings. The highest BCUT2D eigenvalue weighted by molar-refractivity contribution is 14.0. The number of ether oxygens (including phenoxy) is 3. The summed E-state index contributed by atoms with van der Waals surface area (Å²) in [7, 11) is 3.59. The monoisotopic (exact) mass is 543 g/mol. The van der Waals surface area contributed by atoms with Gasteiger partial charge in [0.05, 0.1) is 33.1 Å². The average molecular weight is 543 g/mol. The number of methoxy groups -OCH3 is 1. The second-order valence-corrected chi connectivity index (χ2v) is 7.24. The van der Waals surface area contributed by atoms with Crippen LogP contribution in [0.15, 0.2) is 41.7 Å². The number of hydrogen-bond acceptors (Lipinski definition) is 5. The highest BCUT2D eigenvalue weighted by Crippen LogP contribution is 2.21. The molecule has 1 N–H and O–H groups in total. The summed E-state index contributed by atoms with van der Waals surface area (Å²) in [6.45, 7) is 7.20. The van der Waals surface area contributed by atoms with E-state index >= 15 is 0 Å². The van der Waals surface area contributed by atoms with Gasteiger partial charge in [0.15, 0.2) is 5.96 Å². The van der Waals surface area contributed by atoms with Crippen LogP contribution in [0.25, 0.3) is 0 Å². The Hall–Kier alpha value is -1.85. The van der Waals surface area contributed by atoms with E-state index in [0.717, 1.165) is 55.4 Å². The predicted molar refractivity (Wildman–Crippen MR) is 132 cm³/mol. The number of nitrogens with one attached hydrogen (secondary N) is 1. The van der Waals surface area contributed by atoms with Crippen molar-refractivity contribution in [2.24, 2.45) is 12.0 Å². The summed E-state index contributed by atoms with van der Waals surface area (Å²) in [6.07, 6.45) is 4.78. The molecular weight excluding hydrogens is 509 g/mol. The molecular formula is C22H34IN5O3. The van der Waals surface area contributed by atoms with E-state index in [4.69, 9.17) is 19.2 Å². The van der Waals surface area contributed by atoms with Crippen molar-refractivity contribution in [3.8, 4) is 5.75 Å². The molecule has 8 nitrogen and oxygen atoms in total. The summed E-state index contributed by atoms with van der Waals surface area (Å²) in [6, 6.07) is 7.95. The molecule has 1 aromatic heterocycles. The van der Waals surface area contributed by atoms with Crippen LogP contribution >= 0.6 is 24.0 Å².